The number of hydrogen-bond donors (Lipinski definition) is 0. The fourth-order valence-electron chi connectivity index (χ4n) is 1.56. The van der Waals surface area contributed by atoms with Crippen molar-refractivity contribution in [3.63, 3.8) is 0 Å². The van der Waals surface area contributed by atoms with Gasteiger partial charge in [0.1, 0.15) is 12.4 Å². The third-order valence-electron chi connectivity index (χ3n) is 2.51. The normalized spacial score (nSPS) is 10.3. The van der Waals surface area contributed by atoms with Gasteiger partial charge in [0, 0.05) is 10.6 Å². The van der Waals surface area contributed by atoms with Crippen LogP contribution in [0.2, 0.25) is 5.02 Å². The summed E-state index contributed by atoms with van der Waals surface area (Å²) in [6.45, 7) is -0.190. The summed E-state index contributed by atoms with van der Waals surface area (Å²) < 4.78 is 32.2. The van der Waals surface area contributed by atoms with Crippen molar-refractivity contribution in [3.05, 3.63) is 64.2 Å². The Labute approximate surface area is 113 Å². The summed E-state index contributed by atoms with van der Waals surface area (Å²) in [6.07, 6.45) is 0.483. The van der Waals surface area contributed by atoms with Gasteiger partial charge in [0.15, 0.2) is 17.9 Å². The maximum Gasteiger partial charge on any atom is 0.165 e. The molecule has 0 aliphatic heterocycles. The average Bonchev–Trinajstić information content (AvgIpc) is 2.39. The van der Waals surface area contributed by atoms with E-state index in [4.69, 9.17) is 16.3 Å². The molecule has 19 heavy (non-hydrogen) atoms. The Balaban J connectivity index is 2.21. The summed E-state index contributed by atoms with van der Waals surface area (Å²) >= 11 is 5.62. The van der Waals surface area contributed by atoms with Gasteiger partial charge in [0.25, 0.3) is 0 Å². The lowest BCUT2D eigenvalue weighted by molar-refractivity contribution is 0.111. The first-order valence-corrected chi connectivity index (χ1v) is 5.80. The summed E-state index contributed by atoms with van der Waals surface area (Å²) in [5.41, 5.74) is 0.305. The van der Waals surface area contributed by atoms with E-state index in [2.05, 4.69) is 0 Å². The highest BCUT2D eigenvalue weighted by atomic mass is 35.5. The highest BCUT2D eigenvalue weighted by molar-refractivity contribution is 6.30. The SMILES string of the molecule is O=Cc1cccc(F)c1OCc1ccc(Cl)cc1F. The Bertz CT molecular complexity index is 614. The minimum absolute atomic E-state index is 0.0781. The van der Waals surface area contributed by atoms with Crippen LogP contribution in [-0.2, 0) is 6.61 Å². The molecule has 0 heterocycles. The smallest absolute Gasteiger partial charge is 0.165 e. The lowest BCUT2D eigenvalue weighted by Gasteiger charge is -2.10. The standard InChI is InChI=1S/C14H9ClF2O2/c15-11-5-4-10(13(17)6-11)8-19-14-9(7-18)2-1-3-12(14)16/h1-7H,8H2. The number of rotatable bonds is 4. The molecule has 0 N–H and O–H groups in total. The summed E-state index contributed by atoms with van der Waals surface area (Å²) in [5.74, 6) is -1.40. The summed E-state index contributed by atoms with van der Waals surface area (Å²) in [5, 5.41) is 0.265. The average molecular weight is 283 g/mol. The minimum atomic E-state index is -0.668. The maximum absolute atomic E-state index is 13.5. The molecule has 2 rings (SSSR count). The van der Waals surface area contributed by atoms with Gasteiger partial charge in [-0.3, -0.25) is 4.79 Å². The number of carbonyl (C=O) groups excluding carboxylic acids is 1. The van der Waals surface area contributed by atoms with E-state index >= 15 is 0 Å². The van der Waals surface area contributed by atoms with Crippen LogP contribution in [0.25, 0.3) is 0 Å². The zero-order valence-corrected chi connectivity index (χ0v) is 10.5. The molecule has 0 spiro atoms. The first kappa shape index (κ1) is 13.5. The molecule has 2 aromatic rings. The van der Waals surface area contributed by atoms with Crippen LogP contribution in [0, 0.1) is 11.6 Å². The second kappa shape index (κ2) is 5.80. The Morgan fingerprint density at radius 2 is 1.95 bits per heavy atom. The predicted molar refractivity (Wildman–Crippen MR) is 67.5 cm³/mol. The van der Waals surface area contributed by atoms with Gasteiger partial charge in [0.05, 0.1) is 5.56 Å². The Hall–Kier alpha value is -1.94. The molecular weight excluding hydrogens is 274 g/mol. The van der Waals surface area contributed by atoms with Crippen molar-refractivity contribution in [1.29, 1.82) is 0 Å². The molecule has 0 amide bonds. The van der Waals surface area contributed by atoms with Crippen LogP contribution >= 0.6 is 11.6 Å². The van der Waals surface area contributed by atoms with Crippen molar-refractivity contribution in [2.45, 2.75) is 6.61 Å². The number of benzene rings is 2. The van der Waals surface area contributed by atoms with Gasteiger partial charge in [-0.05, 0) is 24.3 Å². The number of para-hydroxylation sites is 1. The summed E-state index contributed by atoms with van der Waals surface area (Å²) in [4.78, 5) is 10.8. The Morgan fingerprint density at radius 3 is 2.63 bits per heavy atom. The summed E-state index contributed by atoms with van der Waals surface area (Å²) in [7, 11) is 0. The monoisotopic (exact) mass is 282 g/mol. The van der Waals surface area contributed by atoms with Gasteiger partial charge in [-0.15, -0.1) is 0 Å². The number of carbonyl (C=O) groups is 1. The van der Waals surface area contributed by atoms with Gasteiger partial charge >= 0.3 is 0 Å². The molecule has 0 unspecified atom stereocenters. The van der Waals surface area contributed by atoms with Crippen LogP contribution in [0.1, 0.15) is 15.9 Å². The van der Waals surface area contributed by atoms with Crippen LogP contribution in [0.5, 0.6) is 5.75 Å². The predicted octanol–water partition coefficient (Wildman–Crippen LogP) is 4.01. The van der Waals surface area contributed by atoms with Crippen molar-refractivity contribution in [2.75, 3.05) is 0 Å². The zero-order valence-electron chi connectivity index (χ0n) is 9.70. The molecule has 0 bridgehead atoms. The van der Waals surface area contributed by atoms with E-state index in [0.717, 1.165) is 6.07 Å². The first-order chi connectivity index (χ1) is 9.11. The second-order valence-corrected chi connectivity index (χ2v) is 4.24. The molecule has 0 saturated heterocycles. The van der Waals surface area contributed by atoms with Crippen LogP contribution in [-0.4, -0.2) is 6.29 Å². The van der Waals surface area contributed by atoms with Gasteiger partial charge in [-0.25, -0.2) is 8.78 Å². The van der Waals surface area contributed by atoms with Crippen LogP contribution in [0.15, 0.2) is 36.4 Å². The van der Waals surface area contributed by atoms with Crippen LogP contribution in [0.4, 0.5) is 8.78 Å². The highest BCUT2D eigenvalue weighted by Crippen LogP contribution is 2.23. The number of hydrogen-bond acceptors (Lipinski definition) is 2. The molecule has 0 saturated carbocycles. The lowest BCUT2D eigenvalue weighted by Crippen LogP contribution is -2.02. The molecule has 2 nitrogen and oxygen atoms in total. The van der Waals surface area contributed by atoms with Gasteiger partial charge < -0.3 is 4.74 Å². The van der Waals surface area contributed by atoms with Gasteiger partial charge in [-0.1, -0.05) is 23.7 Å². The topological polar surface area (TPSA) is 26.3 Å². The number of aldehydes is 1. The van der Waals surface area contributed by atoms with E-state index < -0.39 is 11.6 Å². The van der Waals surface area contributed by atoms with Crippen LogP contribution in [0.3, 0.4) is 0 Å². The molecule has 98 valence electrons. The molecule has 5 heteroatoms. The summed E-state index contributed by atoms with van der Waals surface area (Å²) in [6, 6.07) is 8.08. The zero-order chi connectivity index (χ0) is 13.8. The van der Waals surface area contributed by atoms with Crippen molar-refractivity contribution in [1.82, 2.24) is 0 Å². The van der Waals surface area contributed by atoms with E-state index in [-0.39, 0.29) is 28.5 Å². The fourth-order valence-corrected chi connectivity index (χ4v) is 1.72. The third-order valence-corrected chi connectivity index (χ3v) is 2.75. The van der Waals surface area contributed by atoms with Crippen molar-refractivity contribution < 1.29 is 18.3 Å². The first-order valence-electron chi connectivity index (χ1n) is 5.42. The third kappa shape index (κ3) is 3.09. The van der Waals surface area contributed by atoms with Crippen molar-refractivity contribution in [3.8, 4) is 5.75 Å². The molecule has 2 aromatic carbocycles. The molecule has 0 fully saturated rings. The molecule has 0 aliphatic carbocycles. The van der Waals surface area contributed by atoms with Crippen molar-refractivity contribution in [2.24, 2.45) is 0 Å². The van der Waals surface area contributed by atoms with E-state index in [9.17, 15) is 13.6 Å². The second-order valence-electron chi connectivity index (χ2n) is 3.80. The number of halogens is 3. The largest absolute Gasteiger partial charge is 0.485 e. The fraction of sp³-hybridized carbons (Fsp3) is 0.0714. The minimum Gasteiger partial charge on any atom is -0.485 e. The molecule has 0 aliphatic rings. The molecule has 0 aromatic heterocycles. The maximum atomic E-state index is 13.5. The van der Waals surface area contributed by atoms with Crippen molar-refractivity contribution >= 4 is 17.9 Å². The van der Waals surface area contributed by atoms with E-state index in [1.54, 1.807) is 0 Å². The highest BCUT2D eigenvalue weighted by Gasteiger charge is 2.11. The van der Waals surface area contributed by atoms with Gasteiger partial charge in [-0.2, -0.15) is 0 Å². The van der Waals surface area contributed by atoms with Crippen LogP contribution < -0.4 is 4.74 Å². The van der Waals surface area contributed by atoms with Gasteiger partial charge in [0.2, 0.25) is 0 Å². The molecule has 0 atom stereocenters. The lowest BCUT2D eigenvalue weighted by atomic mass is 10.2. The molecular formula is C14H9ClF2O2. The Kier molecular flexibility index (Phi) is 4.12. The number of ether oxygens (including phenoxy) is 1. The quantitative estimate of drug-likeness (QED) is 0.792. The molecule has 0 radical (unpaired) electrons. The van der Waals surface area contributed by atoms with E-state index in [1.807, 2.05) is 0 Å². The van der Waals surface area contributed by atoms with E-state index in [0.29, 0.717) is 6.29 Å². The Morgan fingerprint density at radius 1 is 1.16 bits per heavy atom. The van der Waals surface area contributed by atoms with E-state index in [1.165, 1.54) is 30.3 Å².